The highest BCUT2D eigenvalue weighted by molar-refractivity contribution is 7.18. The number of nitro benzene ring substituents is 1. The van der Waals surface area contributed by atoms with E-state index in [-0.39, 0.29) is 21.3 Å². The average Bonchev–Trinajstić information content (AvgIpc) is 2.79. The molecule has 20 heavy (non-hydrogen) atoms. The van der Waals surface area contributed by atoms with Gasteiger partial charge in [-0.3, -0.25) is 10.1 Å². The number of hydrogen-bond acceptors (Lipinski definition) is 6. The molecule has 0 spiro atoms. The first kappa shape index (κ1) is 14.3. The van der Waals surface area contributed by atoms with Crippen LogP contribution in [0.1, 0.15) is 9.67 Å². The van der Waals surface area contributed by atoms with Crippen molar-refractivity contribution in [3.05, 3.63) is 44.3 Å². The van der Waals surface area contributed by atoms with Gasteiger partial charge in [-0.2, -0.15) is 0 Å². The van der Waals surface area contributed by atoms with E-state index in [2.05, 4.69) is 4.74 Å². The summed E-state index contributed by atoms with van der Waals surface area (Å²) in [5.41, 5.74) is 6.16. The van der Waals surface area contributed by atoms with Gasteiger partial charge in [-0.25, -0.2) is 4.79 Å². The molecular formula is C12H9ClN2O4S. The number of carbonyl (C=O) groups excluding carboxylic acids is 1. The molecule has 1 heterocycles. The maximum atomic E-state index is 11.5. The Morgan fingerprint density at radius 3 is 2.75 bits per heavy atom. The second kappa shape index (κ2) is 5.48. The van der Waals surface area contributed by atoms with Crippen molar-refractivity contribution in [3.63, 3.8) is 0 Å². The second-order valence-electron chi connectivity index (χ2n) is 3.81. The first-order valence-corrected chi connectivity index (χ1v) is 6.55. The van der Waals surface area contributed by atoms with Gasteiger partial charge in [0.25, 0.3) is 5.69 Å². The molecule has 104 valence electrons. The number of ether oxygens (including phenoxy) is 1. The van der Waals surface area contributed by atoms with Crippen molar-refractivity contribution in [3.8, 4) is 10.4 Å². The van der Waals surface area contributed by atoms with Gasteiger partial charge in [0, 0.05) is 16.0 Å². The van der Waals surface area contributed by atoms with E-state index in [9.17, 15) is 14.9 Å². The van der Waals surface area contributed by atoms with Crippen molar-refractivity contribution in [1.29, 1.82) is 0 Å². The number of hydrogen-bond donors (Lipinski definition) is 1. The number of benzene rings is 1. The lowest BCUT2D eigenvalue weighted by Gasteiger charge is -2.00. The number of thiophene rings is 1. The fourth-order valence-electron chi connectivity index (χ4n) is 1.65. The summed E-state index contributed by atoms with van der Waals surface area (Å²) >= 11 is 6.79. The van der Waals surface area contributed by atoms with Crippen molar-refractivity contribution < 1.29 is 14.5 Å². The summed E-state index contributed by atoms with van der Waals surface area (Å²) < 4.78 is 4.60. The van der Waals surface area contributed by atoms with Crippen molar-refractivity contribution in [2.75, 3.05) is 12.8 Å². The maximum Gasteiger partial charge on any atom is 0.350 e. The molecule has 2 N–H and O–H groups in total. The van der Waals surface area contributed by atoms with Crippen LogP contribution < -0.4 is 5.73 Å². The minimum absolute atomic E-state index is 0.143. The topological polar surface area (TPSA) is 95.5 Å². The highest BCUT2D eigenvalue weighted by Gasteiger charge is 2.21. The molecule has 0 aliphatic heterocycles. The summed E-state index contributed by atoms with van der Waals surface area (Å²) in [6.07, 6.45) is 0. The molecule has 0 aliphatic carbocycles. The minimum atomic E-state index is -0.574. The summed E-state index contributed by atoms with van der Waals surface area (Å²) in [6, 6.07) is 5.82. The zero-order valence-electron chi connectivity index (χ0n) is 10.3. The fourth-order valence-corrected chi connectivity index (χ4v) is 2.85. The molecule has 0 fully saturated rings. The smallest absolute Gasteiger partial charge is 0.350 e. The number of anilines is 1. The molecule has 0 atom stereocenters. The van der Waals surface area contributed by atoms with Crippen LogP contribution in [0.2, 0.25) is 5.02 Å². The number of methoxy groups -OCH3 is 1. The number of nitrogen functional groups attached to an aromatic ring is 1. The van der Waals surface area contributed by atoms with E-state index >= 15 is 0 Å². The van der Waals surface area contributed by atoms with Gasteiger partial charge in [0.2, 0.25) is 0 Å². The summed E-state index contributed by atoms with van der Waals surface area (Å²) in [5, 5.41) is 11.3. The third kappa shape index (κ3) is 2.59. The number of nitrogens with two attached hydrogens (primary N) is 1. The molecule has 1 aromatic carbocycles. The molecule has 0 bridgehead atoms. The van der Waals surface area contributed by atoms with Crippen LogP contribution in [0.3, 0.4) is 0 Å². The lowest BCUT2D eigenvalue weighted by molar-refractivity contribution is -0.384. The molecule has 0 radical (unpaired) electrons. The Hall–Kier alpha value is -2.12. The summed E-state index contributed by atoms with van der Waals surface area (Å²) in [6.45, 7) is 0. The predicted molar refractivity (Wildman–Crippen MR) is 77.2 cm³/mol. The predicted octanol–water partition coefficient (Wildman–Crippen LogP) is 3.35. The van der Waals surface area contributed by atoms with Crippen LogP contribution in [0.25, 0.3) is 10.4 Å². The van der Waals surface area contributed by atoms with Crippen molar-refractivity contribution in [1.82, 2.24) is 0 Å². The lowest BCUT2D eigenvalue weighted by Crippen LogP contribution is -2.00. The molecule has 1 aromatic heterocycles. The summed E-state index contributed by atoms with van der Waals surface area (Å²) in [5.74, 6) is -0.574. The molecule has 2 aromatic rings. The Balaban J connectivity index is 2.58. The largest absolute Gasteiger partial charge is 0.465 e. The minimum Gasteiger partial charge on any atom is -0.465 e. The van der Waals surface area contributed by atoms with Crippen LogP contribution in [0.15, 0.2) is 24.3 Å². The Labute approximate surface area is 122 Å². The first-order valence-electron chi connectivity index (χ1n) is 5.36. The molecule has 0 aliphatic rings. The van der Waals surface area contributed by atoms with Crippen LogP contribution in [-0.4, -0.2) is 18.0 Å². The Kier molecular flexibility index (Phi) is 3.91. The highest BCUT2D eigenvalue weighted by atomic mass is 35.5. The molecule has 0 amide bonds. The SMILES string of the molecule is COC(=O)c1sc(-c2ccc(Cl)cc2[N+](=O)[O-])cc1N. The van der Waals surface area contributed by atoms with Gasteiger partial charge in [-0.1, -0.05) is 11.6 Å². The van der Waals surface area contributed by atoms with Gasteiger partial charge in [0.1, 0.15) is 4.88 Å². The zero-order valence-corrected chi connectivity index (χ0v) is 11.8. The number of carbonyl (C=O) groups is 1. The summed E-state index contributed by atoms with van der Waals surface area (Å²) in [4.78, 5) is 22.8. The van der Waals surface area contributed by atoms with Crippen LogP contribution in [0.5, 0.6) is 0 Å². The van der Waals surface area contributed by atoms with Crippen LogP contribution >= 0.6 is 22.9 Å². The van der Waals surface area contributed by atoms with Crippen molar-refractivity contribution >= 4 is 40.3 Å². The molecular weight excluding hydrogens is 304 g/mol. The standard InChI is InChI=1S/C12H9ClN2O4S/c1-19-12(16)11-8(14)5-10(20-11)7-3-2-6(13)4-9(7)15(17)18/h2-5H,14H2,1H3. The highest BCUT2D eigenvalue weighted by Crippen LogP contribution is 2.39. The number of esters is 1. The van der Waals surface area contributed by atoms with Crippen LogP contribution in [0, 0.1) is 10.1 Å². The van der Waals surface area contributed by atoms with Crippen molar-refractivity contribution in [2.45, 2.75) is 0 Å². The molecule has 0 saturated heterocycles. The third-order valence-electron chi connectivity index (χ3n) is 2.55. The van der Waals surface area contributed by atoms with E-state index < -0.39 is 10.9 Å². The third-order valence-corrected chi connectivity index (χ3v) is 3.95. The van der Waals surface area contributed by atoms with E-state index in [0.29, 0.717) is 10.4 Å². The quantitative estimate of drug-likeness (QED) is 0.532. The van der Waals surface area contributed by atoms with Gasteiger partial charge >= 0.3 is 5.97 Å². The fraction of sp³-hybridized carbons (Fsp3) is 0.0833. The van der Waals surface area contributed by atoms with Crippen molar-refractivity contribution in [2.24, 2.45) is 0 Å². The number of nitrogens with zero attached hydrogens (tertiary/aromatic N) is 1. The summed E-state index contributed by atoms with van der Waals surface area (Å²) in [7, 11) is 1.24. The lowest BCUT2D eigenvalue weighted by atomic mass is 10.1. The van der Waals surface area contributed by atoms with Gasteiger partial charge in [0.15, 0.2) is 0 Å². The first-order chi connectivity index (χ1) is 9.43. The number of rotatable bonds is 3. The van der Waals surface area contributed by atoms with Gasteiger partial charge < -0.3 is 10.5 Å². The Morgan fingerprint density at radius 2 is 2.15 bits per heavy atom. The molecule has 2 rings (SSSR count). The molecule has 6 nitrogen and oxygen atoms in total. The monoisotopic (exact) mass is 312 g/mol. The van der Waals surface area contributed by atoms with Gasteiger partial charge in [-0.15, -0.1) is 11.3 Å². The van der Waals surface area contributed by atoms with E-state index in [1.807, 2.05) is 0 Å². The second-order valence-corrected chi connectivity index (χ2v) is 5.29. The Bertz CT molecular complexity index is 699. The van der Waals surface area contributed by atoms with Crippen LogP contribution in [-0.2, 0) is 4.74 Å². The van der Waals surface area contributed by atoms with E-state index in [1.165, 1.54) is 31.4 Å². The molecule has 0 unspecified atom stereocenters. The maximum absolute atomic E-state index is 11.5. The Morgan fingerprint density at radius 1 is 1.45 bits per heavy atom. The normalized spacial score (nSPS) is 10.3. The van der Waals surface area contributed by atoms with Crippen LogP contribution in [0.4, 0.5) is 11.4 Å². The van der Waals surface area contributed by atoms with E-state index in [0.717, 1.165) is 11.3 Å². The number of halogens is 1. The zero-order chi connectivity index (χ0) is 14.9. The number of nitro groups is 1. The average molecular weight is 313 g/mol. The van der Waals surface area contributed by atoms with Gasteiger partial charge in [-0.05, 0) is 18.2 Å². The molecule has 0 saturated carbocycles. The van der Waals surface area contributed by atoms with E-state index in [4.69, 9.17) is 17.3 Å². The molecule has 8 heteroatoms. The van der Waals surface area contributed by atoms with E-state index in [1.54, 1.807) is 0 Å². The van der Waals surface area contributed by atoms with Gasteiger partial charge in [0.05, 0.1) is 23.3 Å².